The van der Waals surface area contributed by atoms with Crippen LogP contribution in [0.5, 0.6) is 0 Å². The molecule has 1 aliphatic carbocycles. The molecule has 0 aromatic carbocycles. The average molecular weight is 235 g/mol. The molecule has 0 radical (unpaired) electrons. The predicted molar refractivity (Wildman–Crippen MR) is 57.2 cm³/mol. The highest BCUT2D eigenvalue weighted by atomic mass is 35.5. The Hall–Kier alpha value is -1.87. The molecular formula is C9H7ClN6. The molecule has 0 spiro atoms. The summed E-state index contributed by atoms with van der Waals surface area (Å²) in [7, 11) is 0. The van der Waals surface area contributed by atoms with Gasteiger partial charge in [-0.15, -0.1) is 0 Å². The number of hydrogen-bond acceptors (Lipinski definition) is 5. The van der Waals surface area contributed by atoms with E-state index in [1.54, 1.807) is 0 Å². The highest BCUT2D eigenvalue weighted by molar-refractivity contribution is 6.28. The zero-order chi connectivity index (χ0) is 11.1. The Morgan fingerprint density at radius 1 is 1.50 bits per heavy atom. The minimum Gasteiger partial charge on any atom is -0.351 e. The van der Waals surface area contributed by atoms with E-state index in [2.05, 4.69) is 20.4 Å². The molecule has 16 heavy (non-hydrogen) atoms. The van der Waals surface area contributed by atoms with Gasteiger partial charge in [-0.3, -0.25) is 0 Å². The third-order valence-corrected chi connectivity index (χ3v) is 2.54. The van der Waals surface area contributed by atoms with Crippen LogP contribution in [-0.2, 0) is 0 Å². The first kappa shape index (κ1) is 9.36. The zero-order valence-corrected chi connectivity index (χ0v) is 8.94. The van der Waals surface area contributed by atoms with Gasteiger partial charge >= 0.3 is 0 Å². The van der Waals surface area contributed by atoms with E-state index in [1.165, 1.54) is 10.7 Å². The van der Waals surface area contributed by atoms with Crippen LogP contribution >= 0.6 is 11.6 Å². The van der Waals surface area contributed by atoms with Gasteiger partial charge in [0.25, 0.3) is 0 Å². The van der Waals surface area contributed by atoms with Gasteiger partial charge in [-0.05, 0) is 24.4 Å². The lowest BCUT2D eigenvalue weighted by Gasteiger charge is -2.05. The molecule has 2 aromatic rings. The summed E-state index contributed by atoms with van der Waals surface area (Å²) in [5.41, 5.74) is 0.828. The molecule has 6 nitrogen and oxygen atoms in total. The van der Waals surface area contributed by atoms with Crippen LogP contribution in [0.1, 0.15) is 18.4 Å². The summed E-state index contributed by atoms with van der Waals surface area (Å²) >= 11 is 5.80. The fourth-order valence-electron chi connectivity index (χ4n) is 1.43. The molecule has 3 rings (SSSR count). The lowest BCUT2D eigenvalue weighted by Crippen LogP contribution is -2.10. The molecule has 1 saturated carbocycles. The molecule has 2 heterocycles. The van der Waals surface area contributed by atoms with Crippen molar-refractivity contribution in [2.45, 2.75) is 18.9 Å². The Balaban J connectivity index is 2.18. The number of halogens is 1. The van der Waals surface area contributed by atoms with Crippen molar-refractivity contribution < 1.29 is 0 Å². The topological polar surface area (TPSA) is 78.9 Å². The molecule has 7 heteroatoms. The summed E-state index contributed by atoms with van der Waals surface area (Å²) in [6.45, 7) is 0. The van der Waals surface area contributed by atoms with Crippen LogP contribution < -0.4 is 5.32 Å². The van der Waals surface area contributed by atoms with Gasteiger partial charge in [0.1, 0.15) is 11.6 Å². The van der Waals surface area contributed by atoms with E-state index in [0.717, 1.165) is 12.8 Å². The number of aromatic nitrogens is 4. The Bertz CT molecular complexity index is 594. The lowest BCUT2D eigenvalue weighted by atomic mass is 10.4. The van der Waals surface area contributed by atoms with Crippen LogP contribution in [0.2, 0.25) is 5.28 Å². The Kier molecular flexibility index (Phi) is 1.94. The first-order chi connectivity index (χ1) is 7.78. The third-order valence-electron chi connectivity index (χ3n) is 2.37. The van der Waals surface area contributed by atoms with Gasteiger partial charge in [-0.25, -0.2) is 0 Å². The summed E-state index contributed by atoms with van der Waals surface area (Å²) in [5, 5.41) is 16.2. The molecule has 1 fully saturated rings. The van der Waals surface area contributed by atoms with Crippen molar-refractivity contribution in [3.05, 3.63) is 17.0 Å². The average Bonchev–Trinajstić information content (AvgIpc) is 2.96. The maximum atomic E-state index is 8.87. The highest BCUT2D eigenvalue weighted by Crippen LogP contribution is 2.24. The number of fused-ring (bicyclic) bond motifs is 1. The first-order valence-corrected chi connectivity index (χ1v) is 5.23. The van der Waals surface area contributed by atoms with Crippen molar-refractivity contribution in [3.63, 3.8) is 0 Å². The highest BCUT2D eigenvalue weighted by Gasteiger charge is 2.23. The van der Waals surface area contributed by atoms with Crippen molar-refractivity contribution in [3.8, 4) is 6.07 Å². The molecule has 0 saturated heterocycles. The summed E-state index contributed by atoms with van der Waals surface area (Å²) in [6.07, 6.45) is 3.70. The summed E-state index contributed by atoms with van der Waals surface area (Å²) in [4.78, 5) is 8.05. The quantitative estimate of drug-likeness (QED) is 0.845. The van der Waals surface area contributed by atoms with E-state index < -0.39 is 0 Å². The van der Waals surface area contributed by atoms with Gasteiger partial charge in [-0.2, -0.15) is 24.8 Å². The van der Waals surface area contributed by atoms with Crippen LogP contribution in [0.4, 0.5) is 5.95 Å². The normalized spacial score (nSPS) is 15.0. The lowest BCUT2D eigenvalue weighted by molar-refractivity contribution is 0.880. The second-order valence-corrected chi connectivity index (χ2v) is 3.98. The summed E-state index contributed by atoms with van der Waals surface area (Å²) in [6, 6.07) is 2.45. The number of hydrogen-bond donors (Lipinski definition) is 1. The SMILES string of the molecule is N#Cc1cnn2c(NC3CC3)nc(Cl)nc12. The van der Waals surface area contributed by atoms with E-state index in [-0.39, 0.29) is 5.28 Å². The molecule has 80 valence electrons. The van der Waals surface area contributed by atoms with E-state index in [9.17, 15) is 0 Å². The molecule has 0 aliphatic heterocycles. The van der Waals surface area contributed by atoms with Crippen LogP contribution in [0, 0.1) is 11.3 Å². The molecule has 1 aliphatic rings. The van der Waals surface area contributed by atoms with Gasteiger partial charge in [0, 0.05) is 6.04 Å². The van der Waals surface area contributed by atoms with Crippen molar-refractivity contribution in [1.29, 1.82) is 5.26 Å². The van der Waals surface area contributed by atoms with Crippen molar-refractivity contribution in [2.24, 2.45) is 0 Å². The fraction of sp³-hybridized carbons (Fsp3) is 0.333. The molecular weight excluding hydrogens is 228 g/mol. The van der Waals surface area contributed by atoms with Crippen LogP contribution in [0.15, 0.2) is 6.20 Å². The molecule has 0 atom stereocenters. The number of anilines is 1. The van der Waals surface area contributed by atoms with E-state index >= 15 is 0 Å². The smallest absolute Gasteiger partial charge is 0.228 e. The number of nitrogens with zero attached hydrogens (tertiary/aromatic N) is 5. The zero-order valence-electron chi connectivity index (χ0n) is 8.18. The monoisotopic (exact) mass is 234 g/mol. The summed E-state index contributed by atoms with van der Waals surface area (Å²) in [5.74, 6) is 0.541. The largest absolute Gasteiger partial charge is 0.351 e. The predicted octanol–water partition coefficient (Wildman–Crippen LogP) is 1.22. The van der Waals surface area contributed by atoms with Gasteiger partial charge in [0.2, 0.25) is 11.2 Å². The first-order valence-electron chi connectivity index (χ1n) is 4.86. The van der Waals surface area contributed by atoms with Gasteiger partial charge in [-0.1, -0.05) is 0 Å². The minimum atomic E-state index is 0.118. The van der Waals surface area contributed by atoms with Crippen molar-refractivity contribution in [1.82, 2.24) is 19.6 Å². The second-order valence-electron chi connectivity index (χ2n) is 3.64. The van der Waals surface area contributed by atoms with E-state index in [1.807, 2.05) is 6.07 Å². The molecule has 0 amide bonds. The summed E-state index contributed by atoms with van der Waals surface area (Å²) < 4.78 is 1.50. The molecule has 0 bridgehead atoms. The third kappa shape index (κ3) is 1.46. The molecule has 2 aromatic heterocycles. The fourth-order valence-corrected chi connectivity index (χ4v) is 1.59. The Morgan fingerprint density at radius 2 is 2.31 bits per heavy atom. The number of nitrogens with one attached hydrogen (secondary N) is 1. The van der Waals surface area contributed by atoms with Gasteiger partial charge in [0.15, 0.2) is 5.65 Å². The standard InChI is InChI=1S/C9H7ClN6/c10-8-14-7-5(3-11)4-12-16(7)9(15-8)13-6-1-2-6/h4,6H,1-2H2,(H,13,14,15). The van der Waals surface area contributed by atoms with Gasteiger partial charge in [0.05, 0.1) is 6.20 Å². The van der Waals surface area contributed by atoms with E-state index in [0.29, 0.717) is 23.2 Å². The second kappa shape index (κ2) is 3.32. The molecule has 1 N–H and O–H groups in total. The van der Waals surface area contributed by atoms with Crippen LogP contribution in [-0.4, -0.2) is 25.6 Å². The maximum absolute atomic E-state index is 8.87. The van der Waals surface area contributed by atoms with Crippen molar-refractivity contribution >= 4 is 23.2 Å². The maximum Gasteiger partial charge on any atom is 0.228 e. The van der Waals surface area contributed by atoms with Crippen LogP contribution in [0.3, 0.4) is 0 Å². The van der Waals surface area contributed by atoms with E-state index in [4.69, 9.17) is 16.9 Å². The van der Waals surface area contributed by atoms with Gasteiger partial charge < -0.3 is 5.32 Å². The number of rotatable bonds is 2. The van der Waals surface area contributed by atoms with Crippen molar-refractivity contribution in [2.75, 3.05) is 5.32 Å². The minimum absolute atomic E-state index is 0.118. The number of nitriles is 1. The Morgan fingerprint density at radius 3 is 3.00 bits per heavy atom. The Labute approximate surface area is 95.9 Å². The molecule has 0 unspecified atom stereocenters. The van der Waals surface area contributed by atoms with Crippen LogP contribution in [0.25, 0.3) is 5.65 Å².